The largest absolute Gasteiger partial charge is 0.441 e. The van der Waals surface area contributed by atoms with Crippen LogP contribution in [0.1, 0.15) is 10.4 Å². The number of hydrogen-bond acceptors (Lipinski definition) is 3. The molecular formula is C16H12O3. The van der Waals surface area contributed by atoms with Gasteiger partial charge in [-0.25, -0.2) is 4.79 Å². The van der Waals surface area contributed by atoms with Crippen LogP contribution in [0.3, 0.4) is 0 Å². The second-order valence-electron chi connectivity index (χ2n) is 3.69. The van der Waals surface area contributed by atoms with E-state index in [1.807, 2.05) is 6.07 Å². The van der Waals surface area contributed by atoms with Gasteiger partial charge in [0.25, 0.3) is 0 Å². The van der Waals surface area contributed by atoms with E-state index in [9.17, 15) is 4.79 Å². The maximum absolute atomic E-state index is 11.9. The monoisotopic (exact) mass is 252 g/mol. The topological polar surface area (TPSA) is 35.5 Å². The fourth-order valence-corrected chi connectivity index (χ4v) is 1.41. The number of allylic oxidation sites excluding steroid dienone is 1. The lowest BCUT2D eigenvalue weighted by molar-refractivity contribution is 0.0474. The van der Waals surface area contributed by atoms with Crippen LogP contribution in [-0.2, 0) is 9.47 Å². The van der Waals surface area contributed by atoms with Gasteiger partial charge in [0.15, 0.2) is 6.10 Å². The number of esters is 1. The zero-order valence-corrected chi connectivity index (χ0v) is 10.3. The Hall–Kier alpha value is -2.49. The van der Waals surface area contributed by atoms with Crippen LogP contribution in [0.25, 0.3) is 0 Å². The van der Waals surface area contributed by atoms with E-state index in [2.05, 4.69) is 23.7 Å². The summed E-state index contributed by atoms with van der Waals surface area (Å²) in [7, 11) is 0. The summed E-state index contributed by atoms with van der Waals surface area (Å²) in [6.07, 6.45) is 2.67. The Labute approximate surface area is 112 Å². The van der Waals surface area contributed by atoms with Crippen molar-refractivity contribution >= 4 is 5.97 Å². The minimum absolute atomic E-state index is 0.280. The van der Waals surface area contributed by atoms with Crippen LogP contribution in [0.2, 0.25) is 0 Å². The summed E-state index contributed by atoms with van der Waals surface area (Å²) in [6.45, 7) is 0.634. The van der Waals surface area contributed by atoms with E-state index in [1.165, 1.54) is 0 Å². The summed E-state index contributed by atoms with van der Waals surface area (Å²) in [5.41, 5.74) is 0.497. The molecule has 0 spiro atoms. The van der Waals surface area contributed by atoms with Gasteiger partial charge in [-0.05, 0) is 24.3 Å². The van der Waals surface area contributed by atoms with Crippen LogP contribution in [0, 0.1) is 23.7 Å². The van der Waals surface area contributed by atoms with Crippen LogP contribution in [0.5, 0.6) is 0 Å². The fraction of sp³-hybridized carbons (Fsp3) is 0.188. The average Bonchev–Trinajstić information content (AvgIpc) is 2.46. The molecule has 2 rings (SSSR count). The first kappa shape index (κ1) is 13.0. The second-order valence-corrected chi connectivity index (χ2v) is 3.69. The van der Waals surface area contributed by atoms with Crippen molar-refractivity contribution in [1.82, 2.24) is 0 Å². The molecule has 3 nitrogen and oxygen atoms in total. The number of benzene rings is 1. The summed E-state index contributed by atoms with van der Waals surface area (Å²) in [5.74, 6) is 10.8. The molecule has 1 heterocycles. The van der Waals surface area contributed by atoms with Crippen LogP contribution in [0.4, 0.5) is 0 Å². The van der Waals surface area contributed by atoms with Crippen molar-refractivity contribution < 1.29 is 14.3 Å². The molecule has 1 atom stereocenters. The van der Waals surface area contributed by atoms with Gasteiger partial charge in [0.1, 0.15) is 13.2 Å². The van der Waals surface area contributed by atoms with E-state index in [4.69, 9.17) is 9.47 Å². The SMILES string of the molecule is O=C(OC1C#CCOCC#C/C=C\1)c1ccccc1. The molecule has 94 valence electrons. The Morgan fingerprint density at radius 2 is 2.00 bits per heavy atom. The minimum atomic E-state index is -0.608. The molecule has 1 unspecified atom stereocenters. The Morgan fingerprint density at radius 1 is 1.21 bits per heavy atom. The molecule has 0 aromatic heterocycles. The number of hydrogen-bond donors (Lipinski definition) is 0. The molecule has 0 radical (unpaired) electrons. The molecule has 0 amide bonds. The third kappa shape index (κ3) is 4.35. The third-order valence-corrected chi connectivity index (χ3v) is 2.29. The first-order chi connectivity index (χ1) is 9.36. The maximum Gasteiger partial charge on any atom is 0.339 e. The maximum atomic E-state index is 11.9. The van der Waals surface area contributed by atoms with Crippen molar-refractivity contribution in [3.8, 4) is 23.7 Å². The van der Waals surface area contributed by atoms with Gasteiger partial charge in [-0.15, -0.1) is 0 Å². The van der Waals surface area contributed by atoms with E-state index < -0.39 is 12.1 Å². The predicted molar refractivity (Wildman–Crippen MR) is 71.2 cm³/mol. The molecule has 1 aliphatic rings. The van der Waals surface area contributed by atoms with Crippen molar-refractivity contribution in [2.75, 3.05) is 13.2 Å². The number of carbonyl (C=O) groups excluding carboxylic acids is 1. The third-order valence-electron chi connectivity index (χ3n) is 2.29. The highest BCUT2D eigenvalue weighted by molar-refractivity contribution is 5.89. The van der Waals surface area contributed by atoms with Crippen LogP contribution >= 0.6 is 0 Å². The molecule has 1 aliphatic heterocycles. The van der Waals surface area contributed by atoms with Gasteiger partial charge in [-0.3, -0.25) is 0 Å². The van der Waals surface area contributed by atoms with Crippen molar-refractivity contribution in [3.63, 3.8) is 0 Å². The fourth-order valence-electron chi connectivity index (χ4n) is 1.41. The number of carbonyl (C=O) groups is 1. The lowest BCUT2D eigenvalue weighted by atomic mass is 10.2. The summed E-state index contributed by atoms with van der Waals surface area (Å²) >= 11 is 0. The summed E-state index contributed by atoms with van der Waals surface area (Å²) < 4.78 is 10.4. The smallest absolute Gasteiger partial charge is 0.339 e. The highest BCUT2D eigenvalue weighted by Gasteiger charge is 2.10. The highest BCUT2D eigenvalue weighted by atomic mass is 16.5. The Kier molecular flexibility index (Phi) is 4.81. The molecule has 0 bridgehead atoms. The van der Waals surface area contributed by atoms with Crippen LogP contribution < -0.4 is 0 Å². The standard InChI is InChI=1S/C16H12O3/c17-16(14-8-3-1-4-9-14)19-15-10-5-2-6-12-18-13-7-11-15/h1,3-5,8-10,15H,12-13H2/b10-5-. The van der Waals surface area contributed by atoms with Crippen LogP contribution in [-0.4, -0.2) is 25.3 Å². The first-order valence-electron chi connectivity index (χ1n) is 5.83. The molecule has 0 saturated heterocycles. The molecule has 0 aliphatic carbocycles. The number of rotatable bonds is 2. The summed E-state index contributed by atoms with van der Waals surface area (Å²) in [6, 6.07) is 8.80. The van der Waals surface area contributed by atoms with E-state index in [0.29, 0.717) is 12.2 Å². The van der Waals surface area contributed by atoms with Crippen molar-refractivity contribution in [3.05, 3.63) is 48.0 Å². The van der Waals surface area contributed by atoms with Gasteiger partial charge in [-0.1, -0.05) is 41.9 Å². The van der Waals surface area contributed by atoms with Crippen molar-refractivity contribution in [2.24, 2.45) is 0 Å². The van der Waals surface area contributed by atoms with E-state index >= 15 is 0 Å². The molecule has 0 fully saturated rings. The second kappa shape index (κ2) is 7.06. The quantitative estimate of drug-likeness (QED) is 0.595. The van der Waals surface area contributed by atoms with Crippen LogP contribution in [0.15, 0.2) is 42.5 Å². The molecule has 0 N–H and O–H groups in total. The molecule has 1 aromatic carbocycles. The normalized spacial score (nSPS) is 19.1. The van der Waals surface area contributed by atoms with Gasteiger partial charge in [0.05, 0.1) is 5.56 Å². The molecule has 1 aromatic rings. The molecule has 0 saturated carbocycles. The zero-order chi connectivity index (χ0) is 13.3. The predicted octanol–water partition coefficient (Wildman–Crippen LogP) is 1.81. The van der Waals surface area contributed by atoms with Gasteiger partial charge >= 0.3 is 5.97 Å². The highest BCUT2D eigenvalue weighted by Crippen LogP contribution is 2.04. The van der Waals surface area contributed by atoms with Gasteiger partial charge in [0.2, 0.25) is 0 Å². The first-order valence-corrected chi connectivity index (χ1v) is 5.83. The lowest BCUT2D eigenvalue weighted by Crippen LogP contribution is -2.15. The lowest BCUT2D eigenvalue weighted by Gasteiger charge is -2.08. The minimum Gasteiger partial charge on any atom is -0.441 e. The Bertz CT molecular complexity index is 579. The average molecular weight is 252 g/mol. The molecule has 19 heavy (non-hydrogen) atoms. The molecular weight excluding hydrogens is 240 g/mol. The zero-order valence-electron chi connectivity index (χ0n) is 10.3. The molecule has 3 heteroatoms. The van der Waals surface area contributed by atoms with Crippen molar-refractivity contribution in [1.29, 1.82) is 0 Å². The van der Waals surface area contributed by atoms with E-state index in [1.54, 1.807) is 36.4 Å². The van der Waals surface area contributed by atoms with Gasteiger partial charge in [-0.2, -0.15) is 0 Å². The van der Waals surface area contributed by atoms with Gasteiger partial charge < -0.3 is 9.47 Å². The van der Waals surface area contributed by atoms with E-state index in [0.717, 1.165) is 0 Å². The van der Waals surface area contributed by atoms with Crippen molar-refractivity contribution in [2.45, 2.75) is 6.10 Å². The summed E-state index contributed by atoms with van der Waals surface area (Å²) in [5, 5.41) is 0. The number of ether oxygens (including phenoxy) is 2. The summed E-state index contributed by atoms with van der Waals surface area (Å²) in [4.78, 5) is 11.9. The van der Waals surface area contributed by atoms with E-state index in [-0.39, 0.29) is 6.61 Å². The van der Waals surface area contributed by atoms with Gasteiger partial charge in [0, 0.05) is 0 Å². The Balaban J connectivity index is 2.06. The Morgan fingerprint density at radius 3 is 2.84 bits per heavy atom.